The average molecular weight is 625 g/mol. The molecule has 0 radical (unpaired) electrons. The van der Waals surface area contributed by atoms with Crippen molar-refractivity contribution in [1.29, 1.82) is 0 Å². The van der Waals surface area contributed by atoms with Crippen LogP contribution in [0, 0.1) is 0 Å². The van der Waals surface area contributed by atoms with Gasteiger partial charge in [0.2, 0.25) is 5.91 Å². The van der Waals surface area contributed by atoms with Gasteiger partial charge in [-0.1, -0.05) is 23.7 Å². The third kappa shape index (κ3) is 5.17. The molecule has 1 amide bonds. The molecule has 4 aromatic rings. The molecule has 10 nitrogen and oxygen atoms in total. The van der Waals surface area contributed by atoms with Crippen LogP contribution >= 0.6 is 11.6 Å². The number of aromatic hydroxyl groups is 1. The predicted octanol–water partition coefficient (Wildman–Crippen LogP) is 5.30. The van der Waals surface area contributed by atoms with Gasteiger partial charge in [0.25, 0.3) is 0 Å². The van der Waals surface area contributed by atoms with Crippen LogP contribution in [-0.4, -0.2) is 53.9 Å². The molecule has 16 heteroatoms. The summed E-state index contributed by atoms with van der Waals surface area (Å²) in [5.74, 6) is -7.07. The number of nitrogens with two attached hydrogens (primary N) is 1. The van der Waals surface area contributed by atoms with Crippen molar-refractivity contribution in [3.63, 3.8) is 0 Å². The quantitative estimate of drug-likeness (QED) is 0.193. The number of amides is 1. The molecule has 1 aliphatic heterocycles. The number of phenols is 1. The summed E-state index contributed by atoms with van der Waals surface area (Å²) in [4.78, 5) is 32.9. The van der Waals surface area contributed by atoms with Gasteiger partial charge in [0, 0.05) is 29.8 Å². The van der Waals surface area contributed by atoms with Gasteiger partial charge in [-0.3, -0.25) is 14.3 Å². The molecule has 3 heterocycles. The number of aryl methyl sites for hydroxylation is 2. The number of carboxylic acid groups (broad SMARTS) is 1. The number of hydrogen-bond donors (Lipinski definition) is 4. The van der Waals surface area contributed by atoms with Crippen molar-refractivity contribution < 1.29 is 41.8 Å². The number of nitrogens with zero attached hydrogens (tertiary/aromatic N) is 4. The van der Waals surface area contributed by atoms with Crippen LogP contribution in [-0.2, 0) is 28.0 Å². The predicted molar refractivity (Wildman–Crippen MR) is 145 cm³/mol. The number of carbonyl (C=O) groups excluding carboxylic acids is 1. The van der Waals surface area contributed by atoms with Crippen LogP contribution in [0.3, 0.4) is 0 Å². The number of hydrogen-bond acceptors (Lipinski definition) is 7. The van der Waals surface area contributed by atoms with E-state index in [2.05, 4.69) is 20.4 Å². The molecule has 0 aliphatic carbocycles. The van der Waals surface area contributed by atoms with E-state index >= 15 is 0 Å². The van der Waals surface area contributed by atoms with E-state index in [9.17, 15) is 36.6 Å². The largest absolute Gasteiger partial charge is 0.508 e. The topological polar surface area (TPSA) is 156 Å². The Balaban J connectivity index is 1.55. The summed E-state index contributed by atoms with van der Waals surface area (Å²) in [6.45, 7) is 0.719. The molecular formula is C27H22ClF5N6O4. The first-order valence-electron chi connectivity index (χ1n) is 12.7. The van der Waals surface area contributed by atoms with Gasteiger partial charge in [-0.15, -0.1) is 0 Å². The van der Waals surface area contributed by atoms with Gasteiger partial charge >= 0.3 is 18.1 Å². The molecule has 1 unspecified atom stereocenters. The average Bonchev–Trinajstić information content (AvgIpc) is 3.40. The van der Waals surface area contributed by atoms with Crippen LogP contribution in [0.15, 0.2) is 36.4 Å². The Labute approximate surface area is 244 Å². The maximum Gasteiger partial charge on any atom is 0.453 e. The zero-order valence-corrected chi connectivity index (χ0v) is 22.9. The van der Waals surface area contributed by atoms with E-state index < -0.39 is 42.4 Å². The van der Waals surface area contributed by atoms with Gasteiger partial charge in [-0.25, -0.2) is 9.97 Å². The molecule has 2 aromatic carbocycles. The Bertz CT molecular complexity index is 1790. The molecule has 2 aromatic heterocycles. The lowest BCUT2D eigenvalue weighted by Gasteiger charge is -2.24. The second-order valence-electron chi connectivity index (χ2n) is 10.2. The Morgan fingerprint density at radius 3 is 2.51 bits per heavy atom. The lowest BCUT2D eigenvalue weighted by atomic mass is 9.77. The van der Waals surface area contributed by atoms with E-state index in [4.69, 9.17) is 22.4 Å². The minimum Gasteiger partial charge on any atom is -0.508 e. The number of halogens is 6. The van der Waals surface area contributed by atoms with Gasteiger partial charge < -0.3 is 21.3 Å². The van der Waals surface area contributed by atoms with E-state index in [0.29, 0.717) is 11.1 Å². The number of carbonyl (C=O) groups is 2. The lowest BCUT2D eigenvalue weighted by molar-refractivity contribution is -0.285. The third-order valence-electron chi connectivity index (χ3n) is 7.37. The number of rotatable bonds is 8. The highest BCUT2D eigenvalue weighted by molar-refractivity contribution is 6.31. The zero-order chi connectivity index (χ0) is 31.5. The number of phenolic OH excluding ortho intramolecular Hbond substituents is 1. The first kappa shape index (κ1) is 29.9. The number of nitrogens with one attached hydrogen (secondary N) is 1. The van der Waals surface area contributed by atoms with Crippen molar-refractivity contribution in [1.82, 2.24) is 19.7 Å². The molecule has 0 saturated heterocycles. The Morgan fingerprint density at radius 2 is 1.86 bits per heavy atom. The minimum absolute atomic E-state index is 0.000212. The number of anilines is 2. The maximum absolute atomic E-state index is 13.7. The van der Waals surface area contributed by atoms with Crippen molar-refractivity contribution in [2.45, 2.75) is 50.2 Å². The van der Waals surface area contributed by atoms with Crippen LogP contribution in [0.5, 0.6) is 5.75 Å². The van der Waals surface area contributed by atoms with Crippen LogP contribution in [0.2, 0.25) is 5.02 Å². The summed E-state index contributed by atoms with van der Waals surface area (Å²) in [5.41, 5.74) is 5.86. The molecule has 0 bridgehead atoms. The fraction of sp³-hybridized carbons (Fsp3) is 0.296. The van der Waals surface area contributed by atoms with Crippen LogP contribution in [0.4, 0.5) is 33.6 Å². The monoisotopic (exact) mass is 624 g/mol. The Hall–Kier alpha value is -4.53. The lowest BCUT2D eigenvalue weighted by Crippen LogP contribution is -2.37. The summed E-state index contributed by atoms with van der Waals surface area (Å²) in [5, 5.41) is 26.7. The molecule has 5 N–H and O–H groups in total. The third-order valence-corrected chi connectivity index (χ3v) is 7.61. The molecule has 0 saturated carbocycles. The highest BCUT2D eigenvalue weighted by Crippen LogP contribution is 2.46. The van der Waals surface area contributed by atoms with E-state index in [1.807, 2.05) is 0 Å². The van der Waals surface area contributed by atoms with E-state index in [0.717, 1.165) is 4.68 Å². The fourth-order valence-electron chi connectivity index (χ4n) is 4.99. The highest BCUT2D eigenvalue weighted by atomic mass is 35.5. The van der Waals surface area contributed by atoms with Gasteiger partial charge in [0.05, 0.1) is 11.1 Å². The number of aliphatic carboxylic acids is 1. The fourth-order valence-corrected chi connectivity index (χ4v) is 5.15. The first-order valence-corrected chi connectivity index (χ1v) is 13.1. The summed E-state index contributed by atoms with van der Waals surface area (Å²) < 4.78 is 66.6. The van der Waals surface area contributed by atoms with Crippen molar-refractivity contribution in [2.75, 3.05) is 11.1 Å². The Morgan fingerprint density at radius 1 is 1.14 bits per heavy atom. The summed E-state index contributed by atoms with van der Waals surface area (Å²) in [7, 11) is 0. The van der Waals surface area contributed by atoms with Crippen molar-refractivity contribution in [3.05, 3.63) is 58.1 Å². The molecule has 226 valence electrons. The first-order chi connectivity index (χ1) is 20.0. The number of aromatic nitrogens is 4. The van der Waals surface area contributed by atoms with Crippen LogP contribution in [0.25, 0.3) is 22.4 Å². The molecule has 0 fully saturated rings. The normalized spacial score (nSPS) is 16.9. The van der Waals surface area contributed by atoms with E-state index in [1.165, 1.54) is 37.3 Å². The van der Waals surface area contributed by atoms with Crippen molar-refractivity contribution >= 4 is 46.0 Å². The number of fused-ring (bicyclic) bond motifs is 2. The Kier molecular flexibility index (Phi) is 7.19. The zero-order valence-electron chi connectivity index (χ0n) is 22.1. The highest BCUT2D eigenvalue weighted by Gasteiger charge is 2.56. The maximum atomic E-state index is 13.7. The van der Waals surface area contributed by atoms with Crippen LogP contribution < -0.4 is 11.1 Å². The second-order valence-corrected chi connectivity index (χ2v) is 10.6. The van der Waals surface area contributed by atoms with Gasteiger partial charge in [0.1, 0.15) is 28.5 Å². The van der Waals surface area contributed by atoms with E-state index in [-0.39, 0.29) is 63.2 Å². The van der Waals surface area contributed by atoms with Gasteiger partial charge in [-0.2, -0.15) is 27.1 Å². The summed E-state index contributed by atoms with van der Waals surface area (Å²) >= 11 is 6.06. The van der Waals surface area contributed by atoms with E-state index in [1.54, 1.807) is 6.07 Å². The SMILES string of the molecule is CC1(c2ccc(CCC(=O)O)c(O)c2)C(=O)Nc2nc(-c3nn(CCC(F)(F)C(F)(F)F)c4cc(Cl)ccc34)nc(N)c21. The molecular weight excluding hydrogens is 603 g/mol. The van der Waals surface area contributed by atoms with Crippen LogP contribution in [0.1, 0.15) is 36.5 Å². The summed E-state index contributed by atoms with van der Waals surface area (Å²) in [6.07, 6.45) is -7.47. The molecule has 5 rings (SSSR count). The summed E-state index contributed by atoms with van der Waals surface area (Å²) in [6, 6.07) is 8.67. The van der Waals surface area contributed by atoms with Gasteiger partial charge in [-0.05, 0) is 48.7 Å². The molecule has 1 aliphatic rings. The number of nitrogen functional groups attached to an aromatic ring is 1. The molecule has 0 spiro atoms. The van der Waals surface area contributed by atoms with Gasteiger partial charge in [0.15, 0.2) is 5.82 Å². The smallest absolute Gasteiger partial charge is 0.453 e. The molecule has 43 heavy (non-hydrogen) atoms. The minimum atomic E-state index is -5.74. The van der Waals surface area contributed by atoms with Crippen molar-refractivity contribution in [2.24, 2.45) is 0 Å². The number of benzene rings is 2. The second kappa shape index (κ2) is 10.3. The standard InChI is InChI=1S/C27H22ClF5N6O4/c1-25(13-4-2-12(17(40)10-13)3-7-18(41)42)19-21(34)35-23(36-22(19)37-24(25)43)20-15-6-5-14(28)11-16(15)39(38-20)9-8-26(29,30)27(31,32)33/h2,4-6,10-11,40H,3,7-9H2,1H3,(H,41,42)(H3,34,35,36,37,43). The number of carboxylic acids is 1. The molecule has 1 atom stereocenters. The van der Waals surface area contributed by atoms with Crippen molar-refractivity contribution in [3.8, 4) is 17.3 Å². The number of alkyl halides is 5.